The number of imide groups is 1. The number of fused-ring (bicyclic) bond motifs is 1. The third kappa shape index (κ3) is 4.83. The second-order valence-corrected chi connectivity index (χ2v) is 7.67. The number of benzene rings is 2. The quantitative estimate of drug-likeness (QED) is 0.687. The summed E-state index contributed by atoms with van der Waals surface area (Å²) in [5.41, 5.74) is 1.22. The van der Waals surface area contributed by atoms with Crippen molar-refractivity contribution in [3.63, 3.8) is 0 Å². The molecular weight excluding hydrogens is 420 g/mol. The molecule has 8 nitrogen and oxygen atoms in total. The van der Waals surface area contributed by atoms with Gasteiger partial charge < -0.3 is 19.5 Å². The van der Waals surface area contributed by atoms with E-state index in [0.717, 1.165) is 22.2 Å². The number of nitrogens with one attached hydrogen (secondary N) is 1. The molecule has 2 aliphatic heterocycles. The van der Waals surface area contributed by atoms with E-state index in [0.29, 0.717) is 42.8 Å². The minimum absolute atomic E-state index is 0.255. The van der Waals surface area contributed by atoms with Crippen LogP contribution in [-0.4, -0.2) is 48.3 Å². The summed E-state index contributed by atoms with van der Waals surface area (Å²) in [5, 5.41) is 2.19. The zero-order valence-electron chi connectivity index (χ0n) is 16.8. The molecule has 2 aromatic carbocycles. The smallest absolute Gasteiger partial charge is 0.294 e. The van der Waals surface area contributed by atoms with Gasteiger partial charge in [0.25, 0.3) is 11.1 Å². The molecule has 2 heterocycles. The van der Waals surface area contributed by atoms with Crippen LogP contribution < -0.4 is 19.5 Å². The standard InChI is InChI=1S/C22H20N2O6S/c1-2-28-16-5-3-4-14(10-16)11-19-21(26)24(22(27)31-19)13-20(25)23-15-6-7-17-18(12-15)30-9-8-29-17/h3-7,10-12H,2,8-9,13H2,1H3,(H,23,25)/b19-11-. The minimum Gasteiger partial charge on any atom is -0.494 e. The second kappa shape index (κ2) is 9.13. The number of anilines is 1. The van der Waals surface area contributed by atoms with Gasteiger partial charge in [-0.25, -0.2) is 0 Å². The lowest BCUT2D eigenvalue weighted by Gasteiger charge is -2.19. The maximum absolute atomic E-state index is 12.7. The minimum atomic E-state index is -0.505. The number of carbonyl (C=O) groups is 3. The fourth-order valence-corrected chi connectivity index (χ4v) is 3.95. The molecule has 3 amide bonds. The van der Waals surface area contributed by atoms with Crippen molar-refractivity contribution < 1.29 is 28.6 Å². The monoisotopic (exact) mass is 440 g/mol. The van der Waals surface area contributed by atoms with Crippen LogP contribution >= 0.6 is 11.8 Å². The number of nitrogens with zero attached hydrogens (tertiary/aromatic N) is 1. The predicted molar refractivity (Wildman–Crippen MR) is 116 cm³/mol. The Kier molecular flexibility index (Phi) is 6.13. The zero-order valence-corrected chi connectivity index (χ0v) is 17.6. The molecule has 2 aliphatic rings. The third-order valence-corrected chi connectivity index (χ3v) is 5.38. The van der Waals surface area contributed by atoms with Gasteiger partial charge in [-0.3, -0.25) is 19.3 Å². The normalized spacial score (nSPS) is 16.5. The van der Waals surface area contributed by atoms with E-state index in [4.69, 9.17) is 14.2 Å². The Labute approximate surface area is 183 Å². The Balaban J connectivity index is 1.42. The first-order chi connectivity index (χ1) is 15.0. The largest absolute Gasteiger partial charge is 0.494 e. The SMILES string of the molecule is CCOc1cccc(/C=C2\SC(=O)N(CC(=O)Nc3ccc4c(c3)OCCO4)C2=O)c1. The summed E-state index contributed by atoms with van der Waals surface area (Å²) in [6, 6.07) is 12.2. The van der Waals surface area contributed by atoms with Crippen LogP contribution in [0, 0.1) is 0 Å². The highest BCUT2D eigenvalue weighted by atomic mass is 32.2. The number of hydrogen-bond donors (Lipinski definition) is 1. The summed E-state index contributed by atoms with van der Waals surface area (Å²) < 4.78 is 16.4. The molecule has 2 aromatic rings. The first kappa shape index (κ1) is 20.8. The predicted octanol–water partition coefficient (Wildman–Crippen LogP) is 3.53. The van der Waals surface area contributed by atoms with Crippen molar-refractivity contribution in [1.82, 2.24) is 4.90 Å². The van der Waals surface area contributed by atoms with Gasteiger partial charge in [-0.1, -0.05) is 12.1 Å². The summed E-state index contributed by atoms with van der Waals surface area (Å²) in [7, 11) is 0. The summed E-state index contributed by atoms with van der Waals surface area (Å²) in [6.45, 7) is 2.93. The van der Waals surface area contributed by atoms with Crippen LogP contribution in [0.3, 0.4) is 0 Å². The first-order valence-electron chi connectivity index (χ1n) is 9.71. The van der Waals surface area contributed by atoms with Crippen LogP contribution in [0.2, 0.25) is 0 Å². The molecule has 0 saturated carbocycles. The van der Waals surface area contributed by atoms with Crippen LogP contribution in [0.4, 0.5) is 10.5 Å². The van der Waals surface area contributed by atoms with Crippen LogP contribution in [-0.2, 0) is 9.59 Å². The average molecular weight is 440 g/mol. The van der Waals surface area contributed by atoms with E-state index in [2.05, 4.69) is 5.32 Å². The van der Waals surface area contributed by atoms with Gasteiger partial charge in [0.1, 0.15) is 25.5 Å². The van der Waals surface area contributed by atoms with Crippen molar-refractivity contribution in [2.24, 2.45) is 0 Å². The Hall–Kier alpha value is -3.46. The molecule has 1 N–H and O–H groups in total. The van der Waals surface area contributed by atoms with E-state index in [1.807, 2.05) is 25.1 Å². The average Bonchev–Trinajstić information content (AvgIpc) is 3.01. The van der Waals surface area contributed by atoms with Gasteiger partial charge in [-0.15, -0.1) is 0 Å². The van der Waals surface area contributed by atoms with Gasteiger partial charge in [-0.2, -0.15) is 0 Å². The molecule has 0 unspecified atom stereocenters. The van der Waals surface area contributed by atoms with Crippen LogP contribution in [0.25, 0.3) is 6.08 Å². The van der Waals surface area contributed by atoms with Crippen molar-refractivity contribution in [1.29, 1.82) is 0 Å². The highest BCUT2D eigenvalue weighted by Gasteiger charge is 2.36. The fourth-order valence-electron chi connectivity index (χ4n) is 3.11. The molecule has 0 aliphatic carbocycles. The third-order valence-electron chi connectivity index (χ3n) is 4.47. The van der Waals surface area contributed by atoms with Crippen molar-refractivity contribution in [3.05, 3.63) is 52.9 Å². The second-order valence-electron chi connectivity index (χ2n) is 6.68. The van der Waals surface area contributed by atoms with Crippen molar-refractivity contribution in [2.75, 3.05) is 31.7 Å². The summed E-state index contributed by atoms with van der Waals surface area (Å²) in [4.78, 5) is 38.6. The lowest BCUT2D eigenvalue weighted by Crippen LogP contribution is -2.36. The molecular formula is C22H20N2O6S. The van der Waals surface area contributed by atoms with Gasteiger partial charge in [0.2, 0.25) is 5.91 Å². The Bertz CT molecular complexity index is 1070. The number of rotatable bonds is 6. The maximum Gasteiger partial charge on any atom is 0.294 e. The van der Waals surface area contributed by atoms with Crippen LogP contribution in [0.5, 0.6) is 17.2 Å². The van der Waals surface area contributed by atoms with Gasteiger partial charge in [0.15, 0.2) is 11.5 Å². The van der Waals surface area contributed by atoms with E-state index >= 15 is 0 Å². The number of amides is 3. The summed E-state index contributed by atoms with van der Waals surface area (Å²) in [6.07, 6.45) is 1.62. The van der Waals surface area contributed by atoms with E-state index in [-0.39, 0.29) is 11.4 Å². The lowest BCUT2D eigenvalue weighted by atomic mass is 10.2. The molecule has 9 heteroatoms. The Morgan fingerprint density at radius 1 is 1.16 bits per heavy atom. The van der Waals surface area contributed by atoms with Crippen molar-refractivity contribution >= 4 is 40.6 Å². The van der Waals surface area contributed by atoms with E-state index in [9.17, 15) is 14.4 Å². The van der Waals surface area contributed by atoms with Gasteiger partial charge >= 0.3 is 0 Å². The molecule has 1 fully saturated rings. The zero-order chi connectivity index (χ0) is 21.8. The van der Waals surface area contributed by atoms with E-state index < -0.39 is 17.1 Å². The van der Waals surface area contributed by atoms with Crippen LogP contribution in [0.1, 0.15) is 12.5 Å². The van der Waals surface area contributed by atoms with Crippen molar-refractivity contribution in [2.45, 2.75) is 6.92 Å². The number of ether oxygens (including phenoxy) is 3. The highest BCUT2D eigenvalue weighted by molar-refractivity contribution is 8.18. The summed E-state index contributed by atoms with van der Waals surface area (Å²) in [5.74, 6) is 0.822. The number of thioether (sulfide) groups is 1. The Morgan fingerprint density at radius 2 is 1.97 bits per heavy atom. The Morgan fingerprint density at radius 3 is 2.77 bits per heavy atom. The van der Waals surface area contributed by atoms with E-state index in [1.165, 1.54) is 0 Å². The fraction of sp³-hybridized carbons (Fsp3) is 0.227. The topological polar surface area (TPSA) is 94.2 Å². The molecule has 0 atom stereocenters. The molecule has 0 radical (unpaired) electrons. The van der Waals surface area contributed by atoms with Crippen molar-refractivity contribution in [3.8, 4) is 17.2 Å². The molecule has 31 heavy (non-hydrogen) atoms. The van der Waals surface area contributed by atoms with Gasteiger partial charge in [0.05, 0.1) is 11.5 Å². The van der Waals surface area contributed by atoms with E-state index in [1.54, 1.807) is 30.3 Å². The highest BCUT2D eigenvalue weighted by Crippen LogP contribution is 2.34. The van der Waals surface area contributed by atoms with Gasteiger partial charge in [-0.05, 0) is 54.6 Å². The molecule has 1 saturated heterocycles. The van der Waals surface area contributed by atoms with Gasteiger partial charge in [0, 0.05) is 11.8 Å². The number of hydrogen-bond acceptors (Lipinski definition) is 7. The molecule has 160 valence electrons. The van der Waals surface area contributed by atoms with Crippen LogP contribution in [0.15, 0.2) is 47.4 Å². The molecule has 0 bridgehead atoms. The molecule has 4 rings (SSSR count). The summed E-state index contributed by atoms with van der Waals surface area (Å²) >= 11 is 0.804. The first-order valence-corrected chi connectivity index (χ1v) is 10.5. The lowest BCUT2D eigenvalue weighted by molar-refractivity contribution is -0.127. The maximum atomic E-state index is 12.7. The molecule has 0 spiro atoms. The molecule has 0 aromatic heterocycles. The number of carbonyl (C=O) groups excluding carboxylic acids is 3.